The van der Waals surface area contributed by atoms with Crippen LogP contribution in [0.5, 0.6) is 0 Å². The van der Waals surface area contributed by atoms with Crippen molar-refractivity contribution < 1.29 is 32.7 Å². The van der Waals surface area contributed by atoms with Crippen molar-refractivity contribution in [3.8, 4) is 0 Å². The largest absolute Gasteiger partial charge is 0.465 e. The number of ether oxygens (including phenoxy) is 2. The Hall–Kier alpha value is -1.73. The van der Waals surface area contributed by atoms with E-state index in [-0.39, 0.29) is 12.8 Å². The molecule has 0 atom stereocenters. The summed E-state index contributed by atoms with van der Waals surface area (Å²) in [5, 5.41) is 0.819. The lowest BCUT2D eigenvalue weighted by molar-refractivity contribution is 0.0528. The van der Waals surface area contributed by atoms with Gasteiger partial charge in [-0.3, -0.25) is 4.57 Å². The molecule has 1 heterocycles. The van der Waals surface area contributed by atoms with E-state index in [0.29, 0.717) is 10.4 Å². The van der Waals surface area contributed by atoms with Gasteiger partial charge in [-0.15, -0.1) is 11.3 Å². The molecule has 0 unspecified atom stereocenters. The van der Waals surface area contributed by atoms with Crippen LogP contribution in [0.3, 0.4) is 0 Å². The van der Waals surface area contributed by atoms with Crippen molar-refractivity contribution in [3.05, 3.63) is 34.7 Å². The minimum Gasteiger partial charge on any atom is -0.465 e. The number of rotatable bonds is 7. The Kier molecular flexibility index (Phi) is 6.12. The van der Waals surface area contributed by atoms with Crippen LogP contribution in [0.2, 0.25) is 0 Å². The average molecular weight is 372 g/mol. The molecule has 24 heavy (non-hydrogen) atoms. The van der Waals surface area contributed by atoms with Crippen molar-refractivity contribution in [2.45, 2.75) is 0 Å². The number of hydrogen-bond acceptors (Lipinski definition) is 8. The Bertz CT molecular complexity index is 790. The summed E-state index contributed by atoms with van der Waals surface area (Å²) in [6, 6.07) is 6.70. The lowest BCUT2D eigenvalue weighted by Gasteiger charge is -2.12. The van der Waals surface area contributed by atoms with Crippen LogP contribution >= 0.6 is 18.9 Å². The zero-order valence-corrected chi connectivity index (χ0v) is 15.1. The standard InChI is InChI=1S/C15H17O7PS/c1-19-14(16)11-5-4-10-8-13(24-12(10)9-11)15(17)22-6-7-23(18,20-2)21-3/h4-5,8-9H,6-7H2,1-3H3. The Morgan fingerprint density at radius 3 is 2.42 bits per heavy atom. The van der Waals surface area contributed by atoms with Crippen molar-refractivity contribution >= 4 is 41.0 Å². The number of benzene rings is 1. The maximum atomic E-state index is 12.1. The van der Waals surface area contributed by atoms with Gasteiger partial charge in [0.1, 0.15) is 11.5 Å². The minimum atomic E-state index is -3.20. The first-order chi connectivity index (χ1) is 11.4. The molecule has 2 rings (SSSR count). The first-order valence-electron chi connectivity index (χ1n) is 6.92. The predicted molar refractivity (Wildman–Crippen MR) is 89.9 cm³/mol. The monoisotopic (exact) mass is 372 g/mol. The number of carbonyl (C=O) groups is 2. The van der Waals surface area contributed by atoms with Crippen LogP contribution in [0.25, 0.3) is 10.1 Å². The zero-order valence-electron chi connectivity index (χ0n) is 13.4. The molecule has 9 heteroatoms. The summed E-state index contributed by atoms with van der Waals surface area (Å²) in [6.45, 7) is -0.0839. The maximum Gasteiger partial charge on any atom is 0.348 e. The molecule has 1 aromatic carbocycles. The molecule has 0 N–H and O–H groups in total. The topological polar surface area (TPSA) is 88.1 Å². The number of carbonyl (C=O) groups excluding carboxylic acids is 2. The SMILES string of the molecule is COC(=O)c1ccc2cc(C(=O)OCCP(=O)(OC)OC)sc2c1. The zero-order chi connectivity index (χ0) is 17.7. The summed E-state index contributed by atoms with van der Waals surface area (Å²) >= 11 is 1.20. The predicted octanol–water partition coefficient (Wildman–Crippen LogP) is 3.33. The highest BCUT2D eigenvalue weighted by Gasteiger charge is 2.22. The molecule has 0 fully saturated rings. The highest BCUT2D eigenvalue weighted by Crippen LogP contribution is 2.45. The Morgan fingerprint density at radius 2 is 1.79 bits per heavy atom. The molecule has 2 aromatic rings. The van der Waals surface area contributed by atoms with Crippen LogP contribution in [0.4, 0.5) is 0 Å². The third-order valence-corrected chi connectivity index (χ3v) is 6.22. The molecule has 0 spiro atoms. The van der Waals surface area contributed by atoms with Crippen LogP contribution in [0, 0.1) is 0 Å². The normalized spacial score (nSPS) is 11.5. The van der Waals surface area contributed by atoms with E-state index < -0.39 is 19.5 Å². The summed E-state index contributed by atoms with van der Waals surface area (Å²) in [5.41, 5.74) is 0.410. The van der Waals surface area contributed by atoms with E-state index in [0.717, 1.165) is 10.1 Å². The maximum absolute atomic E-state index is 12.1. The molecule has 0 amide bonds. The number of hydrogen-bond donors (Lipinski definition) is 0. The first kappa shape index (κ1) is 18.6. The van der Waals surface area contributed by atoms with Crippen LogP contribution in [-0.4, -0.2) is 46.0 Å². The molecule has 0 aliphatic carbocycles. The lowest BCUT2D eigenvalue weighted by Crippen LogP contribution is -2.09. The summed E-state index contributed by atoms with van der Waals surface area (Å²) in [6.07, 6.45) is -0.0247. The van der Waals surface area contributed by atoms with Gasteiger partial charge in [0.25, 0.3) is 0 Å². The molecule has 0 saturated carbocycles. The number of fused-ring (bicyclic) bond motifs is 1. The average Bonchev–Trinajstić information content (AvgIpc) is 3.04. The van der Waals surface area contributed by atoms with Crippen LogP contribution in [0.1, 0.15) is 20.0 Å². The fourth-order valence-electron chi connectivity index (χ4n) is 1.95. The van der Waals surface area contributed by atoms with Crippen molar-refractivity contribution in [2.24, 2.45) is 0 Å². The van der Waals surface area contributed by atoms with Gasteiger partial charge in [-0.1, -0.05) is 6.07 Å². The first-order valence-corrected chi connectivity index (χ1v) is 9.46. The van der Waals surface area contributed by atoms with E-state index in [2.05, 4.69) is 4.74 Å². The second-order valence-corrected chi connectivity index (χ2v) is 8.17. The molecule has 0 saturated heterocycles. The molecule has 0 aliphatic rings. The molecule has 7 nitrogen and oxygen atoms in total. The van der Waals surface area contributed by atoms with E-state index in [9.17, 15) is 14.2 Å². The van der Waals surface area contributed by atoms with Crippen molar-refractivity contribution in [1.29, 1.82) is 0 Å². The van der Waals surface area contributed by atoms with Crippen LogP contribution in [-0.2, 0) is 23.1 Å². The summed E-state index contributed by atoms with van der Waals surface area (Å²) in [4.78, 5) is 24.0. The number of thiophene rings is 1. The van der Waals surface area contributed by atoms with Gasteiger partial charge in [0.2, 0.25) is 0 Å². The van der Waals surface area contributed by atoms with Crippen LogP contribution < -0.4 is 0 Å². The van der Waals surface area contributed by atoms with Gasteiger partial charge in [0.15, 0.2) is 0 Å². The molecule has 0 aliphatic heterocycles. The number of esters is 2. The second-order valence-electron chi connectivity index (χ2n) is 4.69. The molecule has 0 radical (unpaired) electrons. The summed E-state index contributed by atoms with van der Waals surface area (Å²) in [5.74, 6) is -0.973. The van der Waals surface area contributed by atoms with E-state index in [1.54, 1.807) is 24.3 Å². The molecular weight excluding hydrogens is 355 g/mol. The van der Waals surface area contributed by atoms with Gasteiger partial charge in [0.05, 0.1) is 18.8 Å². The highest BCUT2D eigenvalue weighted by molar-refractivity contribution is 7.53. The van der Waals surface area contributed by atoms with Crippen molar-refractivity contribution in [1.82, 2.24) is 0 Å². The van der Waals surface area contributed by atoms with E-state index in [4.69, 9.17) is 13.8 Å². The Balaban J connectivity index is 2.07. The van der Waals surface area contributed by atoms with Gasteiger partial charge in [0, 0.05) is 18.9 Å². The summed E-state index contributed by atoms with van der Waals surface area (Å²) in [7, 11) is 0.654. The van der Waals surface area contributed by atoms with Crippen molar-refractivity contribution in [3.63, 3.8) is 0 Å². The van der Waals surface area contributed by atoms with Gasteiger partial charge in [-0.05, 0) is 23.6 Å². The van der Waals surface area contributed by atoms with Crippen molar-refractivity contribution in [2.75, 3.05) is 34.1 Å². The Labute approximate surface area is 143 Å². The van der Waals surface area contributed by atoms with Gasteiger partial charge in [-0.25, -0.2) is 9.59 Å². The fourth-order valence-corrected chi connectivity index (χ4v) is 3.78. The minimum absolute atomic E-state index is 0.0247. The van der Waals surface area contributed by atoms with E-state index in [1.807, 2.05) is 0 Å². The third kappa shape index (κ3) is 4.21. The summed E-state index contributed by atoms with van der Waals surface area (Å²) < 4.78 is 31.9. The van der Waals surface area contributed by atoms with E-state index >= 15 is 0 Å². The third-order valence-electron chi connectivity index (χ3n) is 3.30. The van der Waals surface area contributed by atoms with Gasteiger partial charge < -0.3 is 18.5 Å². The van der Waals surface area contributed by atoms with Crippen LogP contribution in [0.15, 0.2) is 24.3 Å². The molecular formula is C15H17O7PS. The molecule has 0 bridgehead atoms. The van der Waals surface area contributed by atoms with E-state index in [1.165, 1.54) is 32.7 Å². The second kappa shape index (κ2) is 7.90. The van der Waals surface area contributed by atoms with Gasteiger partial charge >= 0.3 is 19.5 Å². The molecule has 130 valence electrons. The molecule has 1 aromatic heterocycles. The fraction of sp³-hybridized carbons (Fsp3) is 0.333. The quantitative estimate of drug-likeness (QED) is 0.544. The lowest BCUT2D eigenvalue weighted by atomic mass is 10.2. The smallest absolute Gasteiger partial charge is 0.348 e. The van der Waals surface area contributed by atoms with Gasteiger partial charge in [-0.2, -0.15) is 0 Å². The highest BCUT2D eigenvalue weighted by atomic mass is 32.1. The number of methoxy groups -OCH3 is 1. The Morgan fingerprint density at radius 1 is 1.08 bits per heavy atom.